The summed E-state index contributed by atoms with van der Waals surface area (Å²) in [7, 11) is 72.4. The molecule has 0 saturated heterocycles. The number of hydrogen-bond acceptors (Lipinski definition) is 9. The van der Waals surface area contributed by atoms with Gasteiger partial charge in [-0.05, 0) is 49.5 Å². The first-order chi connectivity index (χ1) is 23.7. The maximum absolute atomic E-state index is 11.7. The predicted molar refractivity (Wildman–Crippen MR) is 202 cm³/mol. The van der Waals surface area contributed by atoms with Crippen LogP contribution in [-0.2, 0) is 0 Å². The summed E-state index contributed by atoms with van der Waals surface area (Å²) in [5, 5.41) is 66.6. The van der Waals surface area contributed by atoms with Gasteiger partial charge in [0.05, 0.1) is 31.5 Å². The van der Waals surface area contributed by atoms with Crippen LogP contribution in [0.3, 0.4) is 0 Å². The van der Waals surface area contributed by atoms with Gasteiger partial charge < -0.3 is 0 Å². The molecule has 0 spiro atoms. The van der Waals surface area contributed by atoms with Gasteiger partial charge in [0, 0.05) is 16.7 Å². The molecule has 24 radical (unpaired) electrons. The van der Waals surface area contributed by atoms with Crippen LogP contribution in [0.4, 0.5) is 17.1 Å². The van der Waals surface area contributed by atoms with E-state index in [9.17, 15) is 46.1 Å². The van der Waals surface area contributed by atoms with E-state index in [0.717, 1.165) is 0 Å². The van der Waals surface area contributed by atoms with Crippen molar-refractivity contribution in [3.05, 3.63) is 63.8 Å². The lowest BCUT2D eigenvalue weighted by Gasteiger charge is -2.17. The Hall–Kier alpha value is -5.67. The third-order valence-corrected chi connectivity index (χ3v) is 7.96. The molecule has 0 aromatic heterocycles. The Morgan fingerprint density at radius 3 is 0.647 bits per heavy atom. The number of nitriles is 3. The van der Waals surface area contributed by atoms with Gasteiger partial charge in [0.15, 0.2) is 0 Å². The quantitative estimate of drug-likeness (QED) is 0.109. The molecule has 4 rings (SSSR count). The van der Waals surface area contributed by atoms with Crippen molar-refractivity contribution < 1.29 is 14.8 Å². The van der Waals surface area contributed by atoms with Crippen LogP contribution in [0.25, 0.3) is 16.7 Å². The second-order valence-electron chi connectivity index (χ2n) is 10.5. The van der Waals surface area contributed by atoms with Gasteiger partial charge in [-0.2, -0.15) is 15.8 Å². The summed E-state index contributed by atoms with van der Waals surface area (Å²) in [5.41, 5.74) is -14.9. The zero-order chi connectivity index (χ0) is 38.7. The van der Waals surface area contributed by atoms with E-state index in [-0.39, 0.29) is 16.7 Å². The zero-order valence-corrected chi connectivity index (χ0v) is 25.6. The van der Waals surface area contributed by atoms with Crippen LogP contribution in [0.5, 0.6) is 0 Å². The molecule has 1 aliphatic rings. The van der Waals surface area contributed by atoms with E-state index < -0.39 is 131 Å². The molecule has 1 aliphatic carbocycles. The van der Waals surface area contributed by atoms with Gasteiger partial charge in [-0.15, -0.1) is 0 Å². The summed E-state index contributed by atoms with van der Waals surface area (Å²) >= 11 is 0. The highest BCUT2D eigenvalue weighted by molar-refractivity contribution is 6.63. The maximum Gasteiger partial charge on any atom is 0.254 e. The number of rotatable bonds is 6. The van der Waals surface area contributed by atoms with Crippen LogP contribution < -0.4 is 65.6 Å². The lowest BCUT2D eigenvalue weighted by Crippen LogP contribution is -2.46. The predicted octanol–water partition coefficient (Wildman–Crippen LogP) is -8.82. The number of hydrogen-bond donors (Lipinski definition) is 0. The molecule has 0 N–H and O–H groups in total. The standard InChI is InChI=1S/C27B12N6O6/c28-13-10(14(29)20(35)25(19(13)34)43(46)47)4(1-40)7-8(5(2-41)11-15(30)21(36)26(44(48)49)22(37)16(11)31)9(7)6(3-42)12-17(32)23(38)27(45(50)51)24(39)18(12)33. The number of benzene rings is 3. The first kappa shape index (κ1) is 38.1. The monoisotopic (exact) mass is 636 g/mol. The first-order valence-electron chi connectivity index (χ1n) is 13.4. The van der Waals surface area contributed by atoms with E-state index >= 15 is 0 Å². The minimum atomic E-state index is -0.973. The van der Waals surface area contributed by atoms with Crippen molar-refractivity contribution >= 4 is 193 Å². The molecule has 0 bridgehead atoms. The smallest absolute Gasteiger partial charge is 0.254 e. The topological polar surface area (TPSA) is 201 Å². The molecule has 1 fully saturated rings. The van der Waals surface area contributed by atoms with Gasteiger partial charge >= 0.3 is 0 Å². The Morgan fingerprint density at radius 2 is 0.529 bits per heavy atom. The molecule has 0 atom stereocenters. The van der Waals surface area contributed by atoms with Crippen LogP contribution in [0.15, 0.2) is 16.7 Å². The molecule has 51 heavy (non-hydrogen) atoms. The van der Waals surface area contributed by atoms with Gasteiger partial charge in [0.1, 0.15) is 112 Å². The van der Waals surface area contributed by atoms with Crippen molar-refractivity contribution in [1.29, 1.82) is 15.8 Å². The van der Waals surface area contributed by atoms with Crippen molar-refractivity contribution in [2.24, 2.45) is 0 Å². The van der Waals surface area contributed by atoms with Gasteiger partial charge in [0.2, 0.25) is 0 Å². The number of nitrogens with zero attached hydrogens (tertiary/aromatic N) is 6. The van der Waals surface area contributed by atoms with Gasteiger partial charge in [-0.3, -0.25) is 30.3 Å². The molecule has 210 valence electrons. The van der Waals surface area contributed by atoms with Gasteiger partial charge in [-0.1, -0.05) is 32.8 Å². The minimum absolute atomic E-state index is 0.361. The molecular formula is C27B12N6O6. The zero-order valence-electron chi connectivity index (χ0n) is 25.6. The third-order valence-electron chi connectivity index (χ3n) is 7.96. The molecular weight excluding hydrogens is 634 g/mol. The van der Waals surface area contributed by atoms with Crippen LogP contribution in [-0.4, -0.2) is 109 Å². The molecule has 3 aromatic carbocycles. The fourth-order valence-electron chi connectivity index (χ4n) is 5.49. The van der Waals surface area contributed by atoms with E-state index in [2.05, 4.69) is 0 Å². The Balaban J connectivity index is 2.38. The Labute approximate surface area is 305 Å². The highest BCUT2D eigenvalue weighted by Crippen LogP contribution is 2.55. The third kappa shape index (κ3) is 5.67. The van der Waals surface area contributed by atoms with Crippen LogP contribution in [0.1, 0.15) is 16.7 Å². The second kappa shape index (κ2) is 13.6. The molecule has 3 aromatic rings. The van der Waals surface area contributed by atoms with Gasteiger partial charge in [-0.25, -0.2) is 0 Å². The van der Waals surface area contributed by atoms with Crippen LogP contribution in [0, 0.1) is 64.3 Å². The summed E-state index contributed by atoms with van der Waals surface area (Å²) < 4.78 is 0. The average Bonchev–Trinajstić information content (AvgIpc) is 3.77. The largest absolute Gasteiger partial charge is 0.258 e. The summed E-state index contributed by atoms with van der Waals surface area (Å²) in [6, 6.07) is 5.36. The fourth-order valence-corrected chi connectivity index (χ4v) is 5.49. The lowest BCUT2D eigenvalue weighted by molar-refractivity contribution is -0.382. The Kier molecular flexibility index (Phi) is 10.1. The average molecular weight is 634 g/mol. The number of nitro groups is 3. The van der Waals surface area contributed by atoms with Crippen LogP contribution >= 0.6 is 0 Å². The SMILES string of the molecule is [B]c1c([B])c([N+](=O)[O-])c([B])c([B])c1C(C#N)=C1C(=C(C#N)c2c([B])c([B])c([N+](=O)[O-])c([B])c2[B])C1=C(C#N)c1c([B])c([B])c([N+](=O)[O-])c([B])c1[B]. The highest BCUT2D eigenvalue weighted by Gasteiger charge is 2.43. The van der Waals surface area contributed by atoms with Crippen molar-refractivity contribution in [1.82, 2.24) is 0 Å². The molecule has 0 heterocycles. The summed E-state index contributed by atoms with van der Waals surface area (Å²) in [4.78, 5) is 32.1. The van der Waals surface area contributed by atoms with Crippen LogP contribution in [0.2, 0.25) is 0 Å². The highest BCUT2D eigenvalue weighted by atomic mass is 16.6. The Bertz CT molecular complexity index is 2110. The maximum atomic E-state index is 11.7. The second-order valence-corrected chi connectivity index (χ2v) is 10.5. The molecule has 0 unspecified atom stereocenters. The summed E-state index contributed by atoms with van der Waals surface area (Å²) in [6.45, 7) is 0. The molecule has 12 nitrogen and oxygen atoms in total. The number of allylic oxidation sites excluding steroid dienone is 6. The van der Waals surface area contributed by atoms with E-state index in [1.165, 1.54) is 0 Å². The van der Waals surface area contributed by atoms with Crippen molar-refractivity contribution in [2.45, 2.75) is 0 Å². The lowest BCUT2D eigenvalue weighted by atomic mass is 9.64. The molecule has 0 amide bonds. The molecule has 24 heteroatoms. The number of nitro benzene ring substituents is 3. The summed E-state index contributed by atoms with van der Waals surface area (Å²) in [5.74, 6) is 0. The molecule has 0 aliphatic heterocycles. The van der Waals surface area contributed by atoms with E-state index in [1.54, 1.807) is 18.2 Å². The van der Waals surface area contributed by atoms with Crippen molar-refractivity contribution in [3.8, 4) is 18.2 Å². The Morgan fingerprint density at radius 1 is 0.373 bits per heavy atom. The minimum Gasteiger partial charge on any atom is -0.258 e. The van der Waals surface area contributed by atoms with E-state index in [0.29, 0.717) is 0 Å². The van der Waals surface area contributed by atoms with Crippen molar-refractivity contribution in [2.75, 3.05) is 0 Å². The van der Waals surface area contributed by atoms with E-state index in [4.69, 9.17) is 94.2 Å². The van der Waals surface area contributed by atoms with E-state index in [1.807, 2.05) is 0 Å². The van der Waals surface area contributed by atoms with Crippen molar-refractivity contribution in [3.63, 3.8) is 0 Å². The normalized spacial score (nSPS) is 11.6. The molecule has 1 saturated carbocycles. The van der Waals surface area contributed by atoms with Gasteiger partial charge in [0.25, 0.3) is 17.1 Å². The fraction of sp³-hybridized carbons (Fsp3) is 0. The first-order valence-corrected chi connectivity index (χ1v) is 13.4. The summed E-state index contributed by atoms with van der Waals surface area (Å²) in [6.07, 6.45) is 0.